The van der Waals surface area contributed by atoms with E-state index in [1.807, 2.05) is 32.0 Å². The molecule has 2 rings (SSSR count). The highest BCUT2D eigenvalue weighted by molar-refractivity contribution is 5.82. The third-order valence-electron chi connectivity index (χ3n) is 3.88. The molecular formula is C18H26O5. The van der Waals surface area contributed by atoms with Crippen molar-refractivity contribution >= 4 is 5.97 Å². The quantitative estimate of drug-likeness (QED) is 0.544. The molecule has 0 aliphatic carbocycles. The van der Waals surface area contributed by atoms with Crippen molar-refractivity contribution in [2.45, 2.75) is 39.0 Å². The van der Waals surface area contributed by atoms with Gasteiger partial charge in [-0.1, -0.05) is 19.4 Å². The number of unbranched alkanes of at least 4 members (excludes halogenated alkanes) is 1. The lowest BCUT2D eigenvalue weighted by Gasteiger charge is -2.25. The van der Waals surface area contributed by atoms with Crippen LogP contribution in [-0.2, 0) is 19.7 Å². The number of ether oxygens (including phenoxy) is 4. The second-order valence-electron chi connectivity index (χ2n) is 6.09. The lowest BCUT2D eigenvalue weighted by Crippen LogP contribution is -2.32. The van der Waals surface area contributed by atoms with E-state index in [0.717, 1.165) is 18.4 Å². The molecule has 0 saturated carbocycles. The summed E-state index contributed by atoms with van der Waals surface area (Å²) in [5.41, 5.74) is 0.0952. The van der Waals surface area contributed by atoms with Gasteiger partial charge in [-0.25, -0.2) is 0 Å². The predicted octanol–water partition coefficient (Wildman–Crippen LogP) is 3.10. The SMILES string of the molecule is CCCCOCCOC(=O)C(C)(C)c1ccc2c(c1)OCCO2. The van der Waals surface area contributed by atoms with Gasteiger partial charge in [-0.3, -0.25) is 4.79 Å². The number of esters is 1. The van der Waals surface area contributed by atoms with Gasteiger partial charge in [-0.05, 0) is 38.0 Å². The summed E-state index contributed by atoms with van der Waals surface area (Å²) in [7, 11) is 0. The summed E-state index contributed by atoms with van der Waals surface area (Å²) in [6.45, 7) is 8.29. The Kier molecular flexibility index (Phi) is 6.28. The highest BCUT2D eigenvalue weighted by atomic mass is 16.6. The molecular weight excluding hydrogens is 296 g/mol. The first-order valence-corrected chi connectivity index (χ1v) is 8.21. The van der Waals surface area contributed by atoms with Crippen molar-refractivity contribution in [3.05, 3.63) is 23.8 Å². The van der Waals surface area contributed by atoms with Gasteiger partial charge in [0, 0.05) is 6.61 Å². The Bertz CT molecular complexity index is 524. The van der Waals surface area contributed by atoms with Gasteiger partial charge in [0.05, 0.1) is 12.0 Å². The standard InChI is InChI=1S/C18H26O5/c1-4-5-8-20-9-10-23-17(19)18(2,3)14-6-7-15-16(13-14)22-12-11-21-15/h6-7,13H,4-5,8-12H2,1-3H3. The zero-order valence-corrected chi connectivity index (χ0v) is 14.2. The molecule has 0 atom stereocenters. The van der Waals surface area contributed by atoms with E-state index in [0.29, 0.717) is 37.9 Å². The highest BCUT2D eigenvalue weighted by Gasteiger charge is 2.32. The molecule has 0 fully saturated rings. The molecule has 0 N–H and O–H groups in total. The van der Waals surface area contributed by atoms with E-state index < -0.39 is 5.41 Å². The van der Waals surface area contributed by atoms with Crippen LogP contribution in [-0.4, -0.2) is 39.0 Å². The summed E-state index contributed by atoms with van der Waals surface area (Å²) in [5, 5.41) is 0. The molecule has 1 heterocycles. The van der Waals surface area contributed by atoms with Crippen LogP contribution in [0.2, 0.25) is 0 Å². The Hall–Kier alpha value is -1.75. The fourth-order valence-electron chi connectivity index (χ4n) is 2.27. The van der Waals surface area contributed by atoms with Crippen molar-refractivity contribution in [1.82, 2.24) is 0 Å². The molecule has 1 aromatic carbocycles. The fourth-order valence-corrected chi connectivity index (χ4v) is 2.27. The largest absolute Gasteiger partial charge is 0.486 e. The summed E-state index contributed by atoms with van der Waals surface area (Å²) in [4.78, 5) is 12.4. The summed E-state index contributed by atoms with van der Waals surface area (Å²) in [6.07, 6.45) is 2.12. The van der Waals surface area contributed by atoms with Crippen molar-refractivity contribution in [2.24, 2.45) is 0 Å². The van der Waals surface area contributed by atoms with Crippen LogP contribution in [0.5, 0.6) is 11.5 Å². The Labute approximate surface area is 137 Å². The molecule has 23 heavy (non-hydrogen) atoms. The Morgan fingerprint density at radius 3 is 2.61 bits per heavy atom. The van der Waals surface area contributed by atoms with E-state index in [4.69, 9.17) is 18.9 Å². The minimum atomic E-state index is -0.751. The number of rotatable bonds is 8. The van der Waals surface area contributed by atoms with Crippen molar-refractivity contribution in [2.75, 3.05) is 33.0 Å². The molecule has 0 radical (unpaired) electrons. The Balaban J connectivity index is 1.90. The monoisotopic (exact) mass is 322 g/mol. The molecule has 5 heteroatoms. The zero-order valence-electron chi connectivity index (χ0n) is 14.2. The molecule has 1 aliphatic rings. The van der Waals surface area contributed by atoms with Crippen LogP contribution in [0, 0.1) is 0 Å². The number of carbonyl (C=O) groups is 1. The minimum absolute atomic E-state index is 0.270. The van der Waals surface area contributed by atoms with Crippen molar-refractivity contribution in [1.29, 1.82) is 0 Å². The summed E-state index contributed by atoms with van der Waals surface area (Å²) >= 11 is 0. The van der Waals surface area contributed by atoms with Crippen LogP contribution in [0.25, 0.3) is 0 Å². The van der Waals surface area contributed by atoms with Crippen LogP contribution in [0.3, 0.4) is 0 Å². The van der Waals surface area contributed by atoms with Gasteiger partial charge in [-0.2, -0.15) is 0 Å². The normalized spacial score (nSPS) is 13.7. The number of fused-ring (bicyclic) bond motifs is 1. The van der Waals surface area contributed by atoms with E-state index in [-0.39, 0.29) is 12.6 Å². The molecule has 0 spiro atoms. The highest BCUT2D eigenvalue weighted by Crippen LogP contribution is 2.35. The third kappa shape index (κ3) is 4.61. The number of hydrogen-bond donors (Lipinski definition) is 0. The minimum Gasteiger partial charge on any atom is -0.486 e. The number of hydrogen-bond acceptors (Lipinski definition) is 5. The van der Waals surface area contributed by atoms with Gasteiger partial charge in [-0.15, -0.1) is 0 Å². The smallest absolute Gasteiger partial charge is 0.316 e. The van der Waals surface area contributed by atoms with Gasteiger partial charge in [0.1, 0.15) is 19.8 Å². The van der Waals surface area contributed by atoms with E-state index in [9.17, 15) is 4.79 Å². The molecule has 0 aromatic heterocycles. The zero-order chi connectivity index (χ0) is 16.7. The van der Waals surface area contributed by atoms with Crippen molar-refractivity contribution < 1.29 is 23.7 Å². The van der Waals surface area contributed by atoms with Gasteiger partial charge in [0.15, 0.2) is 11.5 Å². The van der Waals surface area contributed by atoms with E-state index in [1.165, 1.54) is 0 Å². The molecule has 5 nitrogen and oxygen atoms in total. The predicted molar refractivity (Wildman–Crippen MR) is 87.1 cm³/mol. The Morgan fingerprint density at radius 1 is 1.13 bits per heavy atom. The molecule has 0 bridgehead atoms. The first-order chi connectivity index (χ1) is 11.1. The topological polar surface area (TPSA) is 54.0 Å². The summed E-state index contributed by atoms with van der Waals surface area (Å²) in [6, 6.07) is 5.58. The molecule has 0 unspecified atom stereocenters. The van der Waals surface area contributed by atoms with Crippen molar-refractivity contribution in [3.8, 4) is 11.5 Å². The second kappa shape index (κ2) is 8.20. The van der Waals surface area contributed by atoms with Crippen LogP contribution in [0.15, 0.2) is 18.2 Å². The lowest BCUT2D eigenvalue weighted by molar-refractivity contribution is -0.151. The first-order valence-electron chi connectivity index (χ1n) is 8.21. The fraction of sp³-hybridized carbons (Fsp3) is 0.611. The first kappa shape index (κ1) is 17.6. The van der Waals surface area contributed by atoms with Gasteiger partial charge in [0.25, 0.3) is 0 Å². The van der Waals surface area contributed by atoms with Gasteiger partial charge in [0.2, 0.25) is 0 Å². The number of benzene rings is 1. The van der Waals surface area contributed by atoms with Gasteiger partial charge < -0.3 is 18.9 Å². The van der Waals surface area contributed by atoms with Crippen molar-refractivity contribution in [3.63, 3.8) is 0 Å². The third-order valence-corrected chi connectivity index (χ3v) is 3.88. The summed E-state index contributed by atoms with van der Waals surface area (Å²) in [5.74, 6) is 1.12. The summed E-state index contributed by atoms with van der Waals surface area (Å²) < 4.78 is 21.8. The maximum atomic E-state index is 12.4. The molecule has 0 amide bonds. The number of carbonyl (C=O) groups excluding carboxylic acids is 1. The van der Waals surface area contributed by atoms with Crippen LogP contribution in [0.4, 0.5) is 0 Å². The second-order valence-corrected chi connectivity index (χ2v) is 6.09. The maximum absolute atomic E-state index is 12.4. The molecule has 0 saturated heterocycles. The van der Waals surface area contributed by atoms with Crippen LogP contribution >= 0.6 is 0 Å². The van der Waals surface area contributed by atoms with Gasteiger partial charge >= 0.3 is 5.97 Å². The van der Waals surface area contributed by atoms with E-state index >= 15 is 0 Å². The Morgan fingerprint density at radius 2 is 1.87 bits per heavy atom. The maximum Gasteiger partial charge on any atom is 0.316 e. The average Bonchev–Trinajstić information content (AvgIpc) is 2.57. The van der Waals surface area contributed by atoms with Crippen LogP contribution < -0.4 is 9.47 Å². The lowest BCUT2D eigenvalue weighted by atomic mass is 9.84. The molecule has 1 aliphatic heterocycles. The average molecular weight is 322 g/mol. The molecule has 128 valence electrons. The van der Waals surface area contributed by atoms with E-state index in [2.05, 4.69) is 6.92 Å². The van der Waals surface area contributed by atoms with E-state index in [1.54, 1.807) is 0 Å². The van der Waals surface area contributed by atoms with Crippen LogP contribution in [0.1, 0.15) is 39.2 Å². The molecule has 1 aromatic rings.